The molecule has 6 heteroatoms. The zero-order valence-electron chi connectivity index (χ0n) is 11.8. The summed E-state index contributed by atoms with van der Waals surface area (Å²) in [6.45, 7) is 1.57. The average Bonchev–Trinajstić information content (AvgIpc) is 3.00. The third kappa shape index (κ3) is 4.89. The summed E-state index contributed by atoms with van der Waals surface area (Å²) in [7, 11) is 0. The van der Waals surface area contributed by atoms with Crippen LogP contribution < -0.4 is 5.32 Å². The second-order valence-electron chi connectivity index (χ2n) is 4.47. The molecule has 0 unspecified atom stereocenters. The van der Waals surface area contributed by atoms with Crippen LogP contribution >= 0.6 is 15.9 Å². The molecule has 0 aliphatic heterocycles. The van der Waals surface area contributed by atoms with E-state index in [0.717, 1.165) is 10.0 Å². The Hall–Kier alpha value is -2.34. The molecule has 0 spiro atoms. The molecule has 2 aromatic rings. The maximum absolute atomic E-state index is 11.7. The number of amides is 1. The monoisotopic (exact) mass is 363 g/mol. The molecule has 1 aromatic carbocycles. The van der Waals surface area contributed by atoms with Crippen molar-refractivity contribution >= 4 is 39.6 Å². The summed E-state index contributed by atoms with van der Waals surface area (Å²) < 4.78 is 10.8. The first kappa shape index (κ1) is 16.0. The first-order valence-corrected chi connectivity index (χ1v) is 7.28. The van der Waals surface area contributed by atoms with Crippen LogP contribution in [0.1, 0.15) is 11.3 Å². The zero-order valence-corrected chi connectivity index (χ0v) is 13.4. The van der Waals surface area contributed by atoms with E-state index in [1.807, 2.05) is 19.1 Å². The number of halogens is 1. The second-order valence-corrected chi connectivity index (χ2v) is 5.32. The Kier molecular flexibility index (Phi) is 5.55. The van der Waals surface area contributed by atoms with Crippen molar-refractivity contribution in [2.45, 2.75) is 6.92 Å². The van der Waals surface area contributed by atoms with Gasteiger partial charge in [-0.3, -0.25) is 4.79 Å². The van der Waals surface area contributed by atoms with Gasteiger partial charge < -0.3 is 14.5 Å². The number of aryl methyl sites for hydroxylation is 1. The summed E-state index contributed by atoms with van der Waals surface area (Å²) >= 11 is 3.38. The molecule has 0 bridgehead atoms. The molecule has 0 fully saturated rings. The lowest BCUT2D eigenvalue weighted by Gasteiger charge is -2.07. The fourth-order valence-electron chi connectivity index (χ4n) is 1.64. The van der Waals surface area contributed by atoms with E-state index in [9.17, 15) is 9.59 Å². The Labute approximate surface area is 136 Å². The number of hydrogen-bond acceptors (Lipinski definition) is 4. The highest BCUT2D eigenvalue weighted by molar-refractivity contribution is 9.10. The van der Waals surface area contributed by atoms with Crippen LogP contribution in [0.3, 0.4) is 0 Å². The van der Waals surface area contributed by atoms with Crippen LogP contribution in [0.4, 0.5) is 5.69 Å². The van der Waals surface area contributed by atoms with Gasteiger partial charge in [-0.05, 0) is 48.9 Å². The highest BCUT2D eigenvalue weighted by Gasteiger charge is 2.06. The molecular formula is C16H14BrNO4. The number of ether oxygens (including phenoxy) is 1. The van der Waals surface area contributed by atoms with Crippen molar-refractivity contribution in [3.8, 4) is 0 Å². The number of nitrogens with one attached hydrogen (secondary N) is 1. The summed E-state index contributed by atoms with van der Waals surface area (Å²) in [6, 6.07) is 8.82. The van der Waals surface area contributed by atoms with Gasteiger partial charge >= 0.3 is 5.97 Å². The highest BCUT2D eigenvalue weighted by atomic mass is 79.9. The Balaban J connectivity index is 1.79. The summed E-state index contributed by atoms with van der Waals surface area (Å²) in [5.74, 6) is -0.480. The maximum Gasteiger partial charge on any atom is 0.331 e. The van der Waals surface area contributed by atoms with Crippen LogP contribution in [-0.4, -0.2) is 18.5 Å². The summed E-state index contributed by atoms with van der Waals surface area (Å²) in [4.78, 5) is 23.2. The number of hydrogen-bond donors (Lipinski definition) is 1. The molecule has 0 aliphatic rings. The van der Waals surface area contributed by atoms with E-state index >= 15 is 0 Å². The van der Waals surface area contributed by atoms with Crippen LogP contribution in [0.25, 0.3) is 6.08 Å². The van der Waals surface area contributed by atoms with Gasteiger partial charge in [-0.2, -0.15) is 0 Å². The van der Waals surface area contributed by atoms with Gasteiger partial charge in [-0.25, -0.2) is 4.79 Å². The molecule has 0 saturated heterocycles. The lowest BCUT2D eigenvalue weighted by atomic mass is 10.2. The fourth-order valence-corrected chi connectivity index (χ4v) is 1.89. The SMILES string of the molecule is Cc1cc(NC(=O)COC(=O)/C=C/c2ccco2)ccc1Br. The van der Waals surface area contributed by atoms with Gasteiger partial charge in [-0.1, -0.05) is 15.9 Å². The third-order valence-electron chi connectivity index (χ3n) is 2.71. The van der Waals surface area contributed by atoms with Gasteiger partial charge in [0.2, 0.25) is 0 Å². The maximum atomic E-state index is 11.7. The fraction of sp³-hybridized carbons (Fsp3) is 0.125. The molecule has 1 heterocycles. The summed E-state index contributed by atoms with van der Waals surface area (Å²) in [5.41, 5.74) is 1.64. The van der Waals surface area contributed by atoms with E-state index in [1.54, 1.807) is 18.2 Å². The molecule has 2 rings (SSSR count). The number of anilines is 1. The Morgan fingerprint density at radius 3 is 2.86 bits per heavy atom. The van der Waals surface area contributed by atoms with Crippen LogP contribution in [0, 0.1) is 6.92 Å². The van der Waals surface area contributed by atoms with Crippen molar-refractivity contribution < 1.29 is 18.7 Å². The molecule has 1 aromatic heterocycles. The molecule has 22 heavy (non-hydrogen) atoms. The van der Waals surface area contributed by atoms with Gasteiger partial charge in [0.15, 0.2) is 6.61 Å². The standard InChI is InChI=1S/C16H14BrNO4/c1-11-9-12(4-6-14(11)17)18-15(19)10-22-16(20)7-5-13-3-2-8-21-13/h2-9H,10H2,1H3,(H,18,19)/b7-5+. The van der Waals surface area contributed by atoms with Crippen molar-refractivity contribution in [1.82, 2.24) is 0 Å². The van der Waals surface area contributed by atoms with Crippen LogP contribution in [-0.2, 0) is 14.3 Å². The predicted octanol–water partition coefficient (Wildman–Crippen LogP) is 3.55. The van der Waals surface area contributed by atoms with Gasteiger partial charge in [0.1, 0.15) is 5.76 Å². The van der Waals surface area contributed by atoms with Crippen molar-refractivity contribution in [2.75, 3.05) is 11.9 Å². The van der Waals surface area contributed by atoms with Gasteiger partial charge in [0, 0.05) is 16.2 Å². The van der Waals surface area contributed by atoms with Crippen molar-refractivity contribution in [1.29, 1.82) is 0 Å². The minimum Gasteiger partial charge on any atom is -0.465 e. The summed E-state index contributed by atoms with van der Waals surface area (Å²) in [6.07, 6.45) is 4.17. The Bertz CT molecular complexity index is 692. The van der Waals surface area contributed by atoms with E-state index in [0.29, 0.717) is 11.4 Å². The second kappa shape index (κ2) is 7.61. The van der Waals surface area contributed by atoms with Gasteiger partial charge in [0.25, 0.3) is 5.91 Å². The first-order valence-electron chi connectivity index (χ1n) is 6.49. The van der Waals surface area contributed by atoms with Gasteiger partial charge in [0.05, 0.1) is 6.26 Å². The average molecular weight is 364 g/mol. The quantitative estimate of drug-likeness (QED) is 0.651. The molecule has 1 N–H and O–H groups in total. The van der Waals surface area contributed by atoms with E-state index in [1.165, 1.54) is 18.4 Å². The Morgan fingerprint density at radius 2 is 2.18 bits per heavy atom. The van der Waals surface area contributed by atoms with E-state index in [4.69, 9.17) is 9.15 Å². The number of esters is 1. The van der Waals surface area contributed by atoms with Crippen molar-refractivity contribution in [2.24, 2.45) is 0 Å². The molecular weight excluding hydrogens is 350 g/mol. The normalized spacial score (nSPS) is 10.6. The predicted molar refractivity (Wildman–Crippen MR) is 86.2 cm³/mol. The molecule has 0 atom stereocenters. The van der Waals surface area contributed by atoms with Crippen molar-refractivity contribution in [3.63, 3.8) is 0 Å². The topological polar surface area (TPSA) is 68.5 Å². The van der Waals surface area contributed by atoms with E-state index in [-0.39, 0.29) is 6.61 Å². The van der Waals surface area contributed by atoms with Crippen molar-refractivity contribution in [3.05, 3.63) is 58.5 Å². The Morgan fingerprint density at radius 1 is 1.36 bits per heavy atom. The smallest absolute Gasteiger partial charge is 0.331 e. The van der Waals surface area contributed by atoms with Gasteiger partial charge in [-0.15, -0.1) is 0 Å². The third-order valence-corrected chi connectivity index (χ3v) is 3.60. The molecule has 0 saturated carbocycles. The first-order chi connectivity index (χ1) is 10.5. The number of benzene rings is 1. The van der Waals surface area contributed by atoms with E-state index < -0.39 is 11.9 Å². The molecule has 114 valence electrons. The lowest BCUT2D eigenvalue weighted by molar-refractivity contribution is -0.142. The summed E-state index contributed by atoms with van der Waals surface area (Å²) in [5, 5.41) is 2.66. The minimum atomic E-state index is -0.612. The lowest BCUT2D eigenvalue weighted by Crippen LogP contribution is -2.20. The molecule has 5 nitrogen and oxygen atoms in total. The largest absolute Gasteiger partial charge is 0.465 e. The molecule has 0 radical (unpaired) electrons. The number of furan rings is 1. The number of carbonyl (C=O) groups excluding carboxylic acids is 2. The molecule has 1 amide bonds. The van der Waals surface area contributed by atoms with E-state index in [2.05, 4.69) is 21.2 Å². The number of rotatable bonds is 5. The number of carbonyl (C=O) groups is 2. The highest BCUT2D eigenvalue weighted by Crippen LogP contribution is 2.19. The molecule has 0 aliphatic carbocycles. The minimum absolute atomic E-state index is 0.351. The van der Waals surface area contributed by atoms with Crippen LogP contribution in [0.15, 0.2) is 51.6 Å². The zero-order chi connectivity index (χ0) is 15.9. The van der Waals surface area contributed by atoms with Crippen LogP contribution in [0.2, 0.25) is 0 Å². The van der Waals surface area contributed by atoms with Crippen LogP contribution in [0.5, 0.6) is 0 Å².